The van der Waals surface area contributed by atoms with E-state index in [2.05, 4.69) is 9.47 Å². The molecule has 2 N–H and O–H groups in total. The van der Waals surface area contributed by atoms with E-state index < -0.39 is 24.8 Å². The zero-order valence-electron chi connectivity index (χ0n) is 8.34. The van der Waals surface area contributed by atoms with Crippen LogP contribution in [0.25, 0.3) is 0 Å². The van der Waals surface area contributed by atoms with Crippen molar-refractivity contribution in [3.63, 3.8) is 0 Å². The first-order valence-electron chi connectivity index (χ1n) is 4.43. The predicted molar refractivity (Wildman–Crippen MR) is 46.1 cm³/mol. The number of halogens is 3. The maximum atomic E-state index is 11.6. The van der Waals surface area contributed by atoms with Crippen molar-refractivity contribution in [2.24, 2.45) is 5.73 Å². The van der Waals surface area contributed by atoms with E-state index in [1.54, 1.807) is 6.92 Å². The van der Waals surface area contributed by atoms with Crippen LogP contribution in [-0.4, -0.2) is 38.0 Å². The molecule has 0 amide bonds. The van der Waals surface area contributed by atoms with Gasteiger partial charge in [-0.05, 0) is 13.3 Å². The lowest BCUT2D eigenvalue weighted by Crippen LogP contribution is -2.33. The van der Waals surface area contributed by atoms with Crippen molar-refractivity contribution in [3.05, 3.63) is 0 Å². The van der Waals surface area contributed by atoms with Gasteiger partial charge >= 0.3 is 12.1 Å². The second-order valence-electron chi connectivity index (χ2n) is 2.81. The molecule has 1 atom stereocenters. The Kier molecular flexibility index (Phi) is 6.26. The lowest BCUT2D eigenvalue weighted by Gasteiger charge is -2.11. The molecule has 0 bridgehead atoms. The Morgan fingerprint density at radius 1 is 1.47 bits per heavy atom. The van der Waals surface area contributed by atoms with Crippen LogP contribution in [0.4, 0.5) is 13.2 Å². The predicted octanol–water partition coefficient (Wildman–Crippen LogP) is 0.846. The van der Waals surface area contributed by atoms with Crippen LogP contribution in [0.15, 0.2) is 0 Å². The summed E-state index contributed by atoms with van der Waals surface area (Å²) >= 11 is 0. The summed E-state index contributed by atoms with van der Waals surface area (Å²) in [6.07, 6.45) is -4.34. The highest BCUT2D eigenvalue weighted by Gasteiger charge is 2.27. The van der Waals surface area contributed by atoms with E-state index in [1.807, 2.05) is 0 Å². The average Bonchev–Trinajstić information content (AvgIpc) is 2.11. The fourth-order valence-electron chi connectivity index (χ4n) is 0.765. The highest BCUT2D eigenvalue weighted by Crippen LogP contribution is 2.14. The maximum Gasteiger partial charge on any atom is 0.411 e. The van der Waals surface area contributed by atoms with Crippen molar-refractivity contribution in [3.8, 4) is 0 Å². The zero-order valence-corrected chi connectivity index (χ0v) is 8.34. The fraction of sp³-hybridized carbons (Fsp3) is 0.875. The molecule has 0 aliphatic rings. The molecule has 0 fully saturated rings. The van der Waals surface area contributed by atoms with Crippen molar-refractivity contribution >= 4 is 5.97 Å². The Labute approximate surface area is 85.5 Å². The molecule has 0 heterocycles. The molecule has 1 unspecified atom stereocenters. The number of esters is 1. The lowest BCUT2D eigenvalue weighted by molar-refractivity contribution is -0.174. The molecule has 0 aliphatic heterocycles. The molecule has 0 radical (unpaired) electrons. The van der Waals surface area contributed by atoms with E-state index in [9.17, 15) is 18.0 Å². The normalized spacial score (nSPS) is 13.7. The average molecular weight is 229 g/mol. The number of hydrogen-bond acceptors (Lipinski definition) is 4. The van der Waals surface area contributed by atoms with E-state index in [0.717, 1.165) is 0 Å². The molecule has 7 heteroatoms. The van der Waals surface area contributed by atoms with Gasteiger partial charge in [-0.15, -0.1) is 0 Å². The molecule has 0 saturated heterocycles. The Morgan fingerprint density at radius 3 is 2.53 bits per heavy atom. The summed E-state index contributed by atoms with van der Waals surface area (Å²) in [6, 6.07) is -0.932. The second-order valence-corrected chi connectivity index (χ2v) is 2.81. The van der Waals surface area contributed by atoms with Crippen LogP contribution >= 0.6 is 0 Å². The number of carbonyl (C=O) groups excluding carboxylic acids is 1. The summed E-state index contributed by atoms with van der Waals surface area (Å²) in [7, 11) is 0. The first kappa shape index (κ1) is 14.2. The molecule has 0 aromatic carbocycles. The van der Waals surface area contributed by atoms with Crippen LogP contribution < -0.4 is 5.73 Å². The van der Waals surface area contributed by atoms with Crippen LogP contribution in [-0.2, 0) is 14.3 Å². The fourth-order valence-corrected chi connectivity index (χ4v) is 0.765. The van der Waals surface area contributed by atoms with Crippen molar-refractivity contribution in [1.29, 1.82) is 0 Å². The molecule has 15 heavy (non-hydrogen) atoms. The van der Waals surface area contributed by atoms with Gasteiger partial charge in [-0.25, -0.2) is 0 Å². The minimum Gasteiger partial charge on any atom is -0.465 e. The third-order valence-electron chi connectivity index (χ3n) is 1.43. The van der Waals surface area contributed by atoms with Crippen molar-refractivity contribution in [2.45, 2.75) is 25.6 Å². The van der Waals surface area contributed by atoms with Gasteiger partial charge in [0.25, 0.3) is 0 Å². The molecule has 0 saturated carbocycles. The number of ether oxygens (including phenoxy) is 2. The third-order valence-corrected chi connectivity index (χ3v) is 1.43. The Hall–Kier alpha value is -0.820. The molecular formula is C8H14F3NO3. The van der Waals surface area contributed by atoms with Gasteiger partial charge in [0.2, 0.25) is 0 Å². The van der Waals surface area contributed by atoms with Crippen LogP contribution in [0.1, 0.15) is 13.3 Å². The van der Waals surface area contributed by atoms with Crippen LogP contribution in [0.2, 0.25) is 0 Å². The van der Waals surface area contributed by atoms with Gasteiger partial charge < -0.3 is 15.2 Å². The summed E-state index contributed by atoms with van der Waals surface area (Å²) in [6.45, 7) is 0.253. The van der Waals surface area contributed by atoms with Crippen molar-refractivity contribution in [2.75, 3.05) is 19.8 Å². The standard InChI is InChI=1S/C8H14F3NO3/c1-2-15-7(13)6(12)3-4-14-5-8(9,10)11/h6H,2-5,12H2,1H3. The molecule has 0 aromatic rings. The second kappa shape index (κ2) is 6.62. The van der Waals surface area contributed by atoms with E-state index >= 15 is 0 Å². The third kappa shape index (κ3) is 8.19. The molecule has 0 rings (SSSR count). The number of alkyl halides is 3. The van der Waals surface area contributed by atoms with Gasteiger partial charge in [-0.3, -0.25) is 4.79 Å². The summed E-state index contributed by atoms with van der Waals surface area (Å²) in [5, 5.41) is 0. The first-order valence-corrected chi connectivity index (χ1v) is 4.43. The van der Waals surface area contributed by atoms with Gasteiger partial charge in [0, 0.05) is 6.61 Å². The number of rotatable bonds is 6. The minimum absolute atomic E-state index is 0.00884. The number of hydrogen-bond donors (Lipinski definition) is 1. The highest BCUT2D eigenvalue weighted by molar-refractivity contribution is 5.75. The summed E-state index contributed by atoms with van der Waals surface area (Å²) in [5.41, 5.74) is 5.32. The van der Waals surface area contributed by atoms with Crippen LogP contribution in [0.5, 0.6) is 0 Å². The van der Waals surface area contributed by atoms with Crippen molar-refractivity contribution in [1.82, 2.24) is 0 Å². The van der Waals surface area contributed by atoms with E-state index in [1.165, 1.54) is 0 Å². The molecule has 0 aromatic heterocycles. The van der Waals surface area contributed by atoms with Crippen LogP contribution in [0, 0.1) is 0 Å². The molecule has 90 valence electrons. The molecular weight excluding hydrogens is 215 g/mol. The number of carbonyl (C=O) groups is 1. The number of nitrogens with two attached hydrogens (primary N) is 1. The largest absolute Gasteiger partial charge is 0.465 e. The summed E-state index contributed by atoms with van der Waals surface area (Å²) in [5.74, 6) is -0.631. The summed E-state index contributed by atoms with van der Waals surface area (Å²) in [4.78, 5) is 10.9. The smallest absolute Gasteiger partial charge is 0.411 e. The van der Waals surface area contributed by atoms with Gasteiger partial charge in [0.05, 0.1) is 6.61 Å². The van der Waals surface area contributed by atoms with E-state index in [0.29, 0.717) is 0 Å². The SMILES string of the molecule is CCOC(=O)C(N)CCOCC(F)(F)F. The van der Waals surface area contributed by atoms with Crippen molar-refractivity contribution < 1.29 is 27.4 Å². The zero-order chi connectivity index (χ0) is 11.9. The Bertz CT molecular complexity index is 196. The maximum absolute atomic E-state index is 11.6. The van der Waals surface area contributed by atoms with Gasteiger partial charge in [0.15, 0.2) is 0 Å². The minimum atomic E-state index is -4.35. The quantitative estimate of drug-likeness (QED) is 0.541. The van der Waals surface area contributed by atoms with E-state index in [4.69, 9.17) is 5.73 Å². The lowest BCUT2D eigenvalue weighted by atomic mass is 10.2. The topological polar surface area (TPSA) is 61.5 Å². The molecule has 0 spiro atoms. The Morgan fingerprint density at radius 2 is 2.07 bits per heavy atom. The highest BCUT2D eigenvalue weighted by atomic mass is 19.4. The van der Waals surface area contributed by atoms with E-state index in [-0.39, 0.29) is 19.6 Å². The molecule has 0 aliphatic carbocycles. The summed E-state index contributed by atoms with van der Waals surface area (Å²) < 4.78 is 43.7. The van der Waals surface area contributed by atoms with Gasteiger partial charge in [0.1, 0.15) is 12.6 Å². The molecule has 4 nitrogen and oxygen atoms in total. The Balaban J connectivity index is 3.55. The van der Waals surface area contributed by atoms with Gasteiger partial charge in [-0.1, -0.05) is 0 Å². The van der Waals surface area contributed by atoms with Gasteiger partial charge in [-0.2, -0.15) is 13.2 Å². The monoisotopic (exact) mass is 229 g/mol. The van der Waals surface area contributed by atoms with Crippen LogP contribution in [0.3, 0.4) is 0 Å². The first-order chi connectivity index (χ1) is 6.87.